The van der Waals surface area contributed by atoms with Gasteiger partial charge in [0.05, 0.1) is 0 Å². The van der Waals surface area contributed by atoms with E-state index < -0.39 is 0 Å². The van der Waals surface area contributed by atoms with E-state index in [0.29, 0.717) is 0 Å². The van der Waals surface area contributed by atoms with Gasteiger partial charge in [-0.25, -0.2) is 0 Å². The van der Waals surface area contributed by atoms with Gasteiger partial charge in [-0.15, -0.1) is 34.0 Å². The van der Waals surface area contributed by atoms with Crippen LogP contribution < -0.4 is 4.90 Å². The highest BCUT2D eigenvalue weighted by Crippen LogP contribution is 2.44. The van der Waals surface area contributed by atoms with Crippen molar-refractivity contribution >= 4 is 122 Å². The van der Waals surface area contributed by atoms with Crippen LogP contribution in [0.15, 0.2) is 164 Å². The van der Waals surface area contributed by atoms with E-state index >= 15 is 0 Å². The highest BCUT2D eigenvalue weighted by molar-refractivity contribution is 7.26. The van der Waals surface area contributed by atoms with Crippen molar-refractivity contribution in [1.82, 2.24) is 0 Å². The first-order valence-electron chi connectivity index (χ1n) is 16.8. The number of fused-ring (bicyclic) bond motifs is 11. The van der Waals surface area contributed by atoms with Crippen LogP contribution in [0.2, 0.25) is 0 Å². The van der Waals surface area contributed by atoms with Gasteiger partial charge in [-0.3, -0.25) is 0 Å². The van der Waals surface area contributed by atoms with Gasteiger partial charge in [0, 0.05) is 77.6 Å². The second-order valence-electron chi connectivity index (χ2n) is 12.9. The lowest BCUT2D eigenvalue weighted by Crippen LogP contribution is -2.09. The molecule has 4 heteroatoms. The van der Waals surface area contributed by atoms with Crippen molar-refractivity contribution in [2.24, 2.45) is 0 Å². The largest absolute Gasteiger partial charge is 0.310 e. The predicted octanol–water partition coefficient (Wildman–Crippen LogP) is 15.1. The molecule has 0 unspecified atom stereocenters. The molecule has 50 heavy (non-hydrogen) atoms. The zero-order valence-electron chi connectivity index (χ0n) is 26.8. The molecule has 0 aliphatic carbocycles. The molecule has 3 aromatic heterocycles. The van der Waals surface area contributed by atoms with E-state index in [1.807, 2.05) is 34.0 Å². The van der Waals surface area contributed by atoms with Gasteiger partial charge in [-0.1, -0.05) is 84.9 Å². The molecule has 234 valence electrons. The summed E-state index contributed by atoms with van der Waals surface area (Å²) < 4.78 is 7.97. The number of hydrogen-bond acceptors (Lipinski definition) is 4. The predicted molar refractivity (Wildman–Crippen MR) is 223 cm³/mol. The van der Waals surface area contributed by atoms with Crippen molar-refractivity contribution in [2.75, 3.05) is 4.90 Å². The third-order valence-corrected chi connectivity index (χ3v) is 13.5. The van der Waals surface area contributed by atoms with E-state index in [4.69, 9.17) is 0 Å². The summed E-state index contributed by atoms with van der Waals surface area (Å²) in [4.78, 5) is 2.42. The van der Waals surface area contributed by atoms with Crippen LogP contribution in [0, 0.1) is 0 Å². The monoisotopic (exact) mass is 689 g/mol. The topological polar surface area (TPSA) is 3.24 Å². The molecule has 0 radical (unpaired) electrons. The number of nitrogens with zero attached hydrogens (tertiary/aromatic N) is 1. The van der Waals surface area contributed by atoms with Crippen LogP contribution >= 0.6 is 34.0 Å². The molecule has 0 aliphatic heterocycles. The lowest BCUT2D eigenvalue weighted by Gasteiger charge is -2.26. The fraction of sp³-hybridized carbons (Fsp3) is 0. The summed E-state index contributed by atoms with van der Waals surface area (Å²) in [6.45, 7) is 0. The molecular formula is C46H27NS3. The SMILES string of the molecule is c1ccc2c(c1)sc1ccc(N(c3ccc(-c4ccc5c(ccc6sc7ccccc7c65)c4)cc3)c3ccc4sc5ccccc5c4c3)cc12. The third kappa shape index (κ3) is 4.36. The van der Waals surface area contributed by atoms with Crippen molar-refractivity contribution in [2.45, 2.75) is 0 Å². The maximum atomic E-state index is 2.42. The fourth-order valence-electron chi connectivity index (χ4n) is 7.69. The molecule has 0 bridgehead atoms. The molecule has 3 heterocycles. The summed E-state index contributed by atoms with van der Waals surface area (Å²) in [7, 11) is 0. The van der Waals surface area contributed by atoms with E-state index in [-0.39, 0.29) is 0 Å². The fourth-order valence-corrected chi connectivity index (χ4v) is 11.0. The zero-order valence-corrected chi connectivity index (χ0v) is 29.2. The Kier molecular flexibility index (Phi) is 6.23. The molecule has 11 aromatic rings. The number of anilines is 3. The Labute approximate surface area is 300 Å². The van der Waals surface area contributed by atoms with Crippen molar-refractivity contribution < 1.29 is 0 Å². The second-order valence-corrected chi connectivity index (χ2v) is 16.2. The second kappa shape index (κ2) is 11.0. The summed E-state index contributed by atoms with van der Waals surface area (Å²) in [5.41, 5.74) is 5.89. The Balaban J connectivity index is 1.05. The van der Waals surface area contributed by atoms with Crippen LogP contribution in [0.1, 0.15) is 0 Å². The molecule has 0 fully saturated rings. The van der Waals surface area contributed by atoms with Gasteiger partial charge in [0.1, 0.15) is 0 Å². The van der Waals surface area contributed by atoms with E-state index in [1.165, 1.54) is 82.4 Å². The van der Waals surface area contributed by atoms with Gasteiger partial charge < -0.3 is 4.90 Å². The third-order valence-electron chi connectivity index (χ3n) is 10.1. The van der Waals surface area contributed by atoms with Gasteiger partial charge in [-0.2, -0.15) is 0 Å². The molecule has 0 aliphatic rings. The van der Waals surface area contributed by atoms with Crippen LogP contribution in [0.3, 0.4) is 0 Å². The standard InChI is InChI=1S/C46H27NS3/c1-4-10-40-35(7-1)38-26-32(19-23-43(38)48-40)47(33-20-24-44-39(27-33)36-8-2-5-11-41(36)49-44)31-17-13-28(14-18-31)29-15-21-34-30(25-29)16-22-45-46(34)37-9-3-6-12-42(37)50-45/h1-27H. The van der Waals surface area contributed by atoms with Crippen LogP contribution in [-0.2, 0) is 0 Å². The van der Waals surface area contributed by atoms with E-state index in [2.05, 4.69) is 169 Å². The average Bonchev–Trinajstić information content (AvgIpc) is 3.86. The number of thiophene rings is 3. The maximum absolute atomic E-state index is 2.42. The molecule has 0 saturated heterocycles. The lowest BCUT2D eigenvalue weighted by molar-refractivity contribution is 1.30. The van der Waals surface area contributed by atoms with Gasteiger partial charge in [0.15, 0.2) is 0 Å². The molecule has 1 nitrogen and oxygen atoms in total. The first-order chi connectivity index (χ1) is 24.7. The Morgan fingerprint density at radius 1 is 0.300 bits per heavy atom. The molecule has 0 N–H and O–H groups in total. The molecular weight excluding hydrogens is 663 g/mol. The van der Waals surface area contributed by atoms with Gasteiger partial charge in [0.2, 0.25) is 0 Å². The van der Waals surface area contributed by atoms with E-state index in [1.54, 1.807) is 0 Å². The smallest absolute Gasteiger partial charge is 0.0468 e. The van der Waals surface area contributed by atoms with Crippen LogP contribution in [0.5, 0.6) is 0 Å². The normalized spacial score (nSPS) is 12.0. The van der Waals surface area contributed by atoms with E-state index in [9.17, 15) is 0 Å². The number of rotatable bonds is 4. The first kappa shape index (κ1) is 28.3. The van der Waals surface area contributed by atoms with Crippen LogP contribution in [0.25, 0.3) is 82.4 Å². The minimum absolute atomic E-state index is 1.14. The van der Waals surface area contributed by atoms with Gasteiger partial charge >= 0.3 is 0 Å². The summed E-state index contributed by atoms with van der Waals surface area (Å²) in [6.07, 6.45) is 0. The Bertz CT molecular complexity index is 2990. The number of hydrogen-bond donors (Lipinski definition) is 0. The minimum atomic E-state index is 1.14. The Hall–Kier alpha value is -5.52. The molecule has 11 rings (SSSR count). The molecule has 0 saturated carbocycles. The lowest BCUT2D eigenvalue weighted by atomic mass is 9.98. The number of benzene rings is 8. The van der Waals surface area contributed by atoms with Crippen molar-refractivity contribution in [1.29, 1.82) is 0 Å². The summed E-state index contributed by atoms with van der Waals surface area (Å²) >= 11 is 5.60. The molecule has 0 atom stereocenters. The van der Waals surface area contributed by atoms with Gasteiger partial charge in [0.25, 0.3) is 0 Å². The summed E-state index contributed by atoms with van der Waals surface area (Å²) in [5, 5.41) is 10.5. The highest BCUT2D eigenvalue weighted by Gasteiger charge is 2.17. The average molecular weight is 690 g/mol. The molecule has 8 aromatic carbocycles. The quantitative estimate of drug-likeness (QED) is 0.178. The van der Waals surface area contributed by atoms with Crippen molar-refractivity contribution in [3.8, 4) is 11.1 Å². The molecule has 0 amide bonds. The van der Waals surface area contributed by atoms with Crippen molar-refractivity contribution in [3.05, 3.63) is 164 Å². The summed E-state index contributed by atoms with van der Waals surface area (Å²) in [5.74, 6) is 0. The Morgan fingerprint density at radius 2 is 0.780 bits per heavy atom. The first-order valence-corrected chi connectivity index (χ1v) is 19.3. The molecule has 0 spiro atoms. The van der Waals surface area contributed by atoms with Crippen LogP contribution in [0.4, 0.5) is 17.1 Å². The summed E-state index contributed by atoms with van der Waals surface area (Å²) in [6, 6.07) is 60.8. The van der Waals surface area contributed by atoms with Crippen molar-refractivity contribution in [3.63, 3.8) is 0 Å². The maximum Gasteiger partial charge on any atom is 0.0468 e. The highest BCUT2D eigenvalue weighted by atomic mass is 32.1. The van der Waals surface area contributed by atoms with Gasteiger partial charge in [-0.05, 0) is 101 Å². The minimum Gasteiger partial charge on any atom is -0.310 e. The van der Waals surface area contributed by atoms with E-state index in [0.717, 1.165) is 17.1 Å². The Morgan fingerprint density at radius 3 is 1.42 bits per heavy atom. The van der Waals surface area contributed by atoms with Crippen LogP contribution in [-0.4, -0.2) is 0 Å². The zero-order chi connectivity index (χ0) is 32.8.